The van der Waals surface area contributed by atoms with E-state index < -0.39 is 0 Å². The van der Waals surface area contributed by atoms with Gasteiger partial charge in [-0.05, 0) is 51.6 Å². The minimum Gasteiger partial charge on any atom is -0.319 e. The summed E-state index contributed by atoms with van der Waals surface area (Å²) in [5.41, 5.74) is 1.63. The molecule has 1 rings (SSSR count). The average molecular weight is 195 g/mol. The summed E-state index contributed by atoms with van der Waals surface area (Å²) < 4.78 is 0. The lowest BCUT2D eigenvalue weighted by atomic mass is 9.79. The van der Waals surface area contributed by atoms with Gasteiger partial charge in [-0.15, -0.1) is 0 Å². The summed E-state index contributed by atoms with van der Waals surface area (Å²) in [5.74, 6) is 1.83. The lowest BCUT2D eigenvalue weighted by molar-refractivity contribution is 0.314. The standard InChI is InChI=1S/C13H25N/c1-11-6-4-8-13(10-11)12(2)7-5-9-14-3/h7,11,13-14H,4-6,8-10H2,1-3H3. The van der Waals surface area contributed by atoms with E-state index in [2.05, 4.69) is 25.2 Å². The summed E-state index contributed by atoms with van der Waals surface area (Å²) in [6.07, 6.45) is 9.34. The first-order chi connectivity index (χ1) is 6.74. The molecule has 1 aliphatic carbocycles. The molecule has 2 atom stereocenters. The zero-order valence-corrected chi connectivity index (χ0v) is 9.97. The van der Waals surface area contributed by atoms with Gasteiger partial charge < -0.3 is 5.32 Å². The fourth-order valence-corrected chi connectivity index (χ4v) is 2.46. The van der Waals surface area contributed by atoms with Crippen LogP contribution < -0.4 is 5.32 Å². The van der Waals surface area contributed by atoms with E-state index >= 15 is 0 Å². The molecular formula is C13H25N. The van der Waals surface area contributed by atoms with Gasteiger partial charge in [-0.1, -0.05) is 31.4 Å². The van der Waals surface area contributed by atoms with E-state index in [1.807, 2.05) is 7.05 Å². The minimum atomic E-state index is 0.885. The van der Waals surface area contributed by atoms with E-state index in [9.17, 15) is 0 Å². The SMILES string of the molecule is CNCCC=C(C)C1CCCC(C)C1. The van der Waals surface area contributed by atoms with Crippen molar-refractivity contribution in [3.8, 4) is 0 Å². The molecule has 1 fully saturated rings. The predicted octanol–water partition coefficient (Wildman–Crippen LogP) is 3.37. The lowest BCUT2D eigenvalue weighted by Gasteiger charge is -2.27. The summed E-state index contributed by atoms with van der Waals surface area (Å²) >= 11 is 0. The van der Waals surface area contributed by atoms with Crippen molar-refractivity contribution in [1.29, 1.82) is 0 Å². The molecule has 0 aromatic rings. The van der Waals surface area contributed by atoms with Crippen LogP contribution in [0.4, 0.5) is 0 Å². The van der Waals surface area contributed by atoms with Crippen LogP contribution in [0.1, 0.15) is 46.0 Å². The maximum atomic E-state index is 3.19. The van der Waals surface area contributed by atoms with Crippen molar-refractivity contribution < 1.29 is 0 Å². The molecule has 0 bridgehead atoms. The van der Waals surface area contributed by atoms with E-state index in [1.54, 1.807) is 5.57 Å². The first-order valence-corrected chi connectivity index (χ1v) is 6.05. The molecule has 2 unspecified atom stereocenters. The quantitative estimate of drug-likeness (QED) is 0.536. The molecule has 1 N–H and O–H groups in total. The third kappa shape index (κ3) is 3.83. The molecule has 0 radical (unpaired) electrons. The Labute approximate surface area is 89.0 Å². The van der Waals surface area contributed by atoms with Gasteiger partial charge in [0.2, 0.25) is 0 Å². The Morgan fingerprint density at radius 3 is 2.86 bits per heavy atom. The van der Waals surface area contributed by atoms with Gasteiger partial charge in [0.15, 0.2) is 0 Å². The number of allylic oxidation sites excluding steroid dienone is 1. The Balaban J connectivity index is 2.34. The molecule has 1 heteroatoms. The molecule has 1 nitrogen and oxygen atoms in total. The monoisotopic (exact) mass is 195 g/mol. The number of hydrogen-bond donors (Lipinski definition) is 1. The fraction of sp³-hybridized carbons (Fsp3) is 0.846. The highest BCUT2D eigenvalue weighted by Crippen LogP contribution is 2.33. The Kier molecular flexibility index (Phi) is 5.24. The zero-order chi connectivity index (χ0) is 10.4. The van der Waals surface area contributed by atoms with Crippen LogP contribution in [0.15, 0.2) is 11.6 Å². The van der Waals surface area contributed by atoms with Gasteiger partial charge in [0.05, 0.1) is 0 Å². The second-order valence-corrected chi connectivity index (χ2v) is 4.81. The maximum absolute atomic E-state index is 3.19. The molecule has 82 valence electrons. The normalized spacial score (nSPS) is 29.2. The smallest absolute Gasteiger partial charge is 0.00172 e. The molecule has 1 aliphatic rings. The number of hydrogen-bond acceptors (Lipinski definition) is 1. The third-order valence-electron chi connectivity index (χ3n) is 3.44. The van der Waals surface area contributed by atoms with Crippen LogP contribution in [0.25, 0.3) is 0 Å². The third-order valence-corrected chi connectivity index (χ3v) is 3.44. The fourth-order valence-electron chi connectivity index (χ4n) is 2.46. The topological polar surface area (TPSA) is 12.0 Å². The van der Waals surface area contributed by atoms with Gasteiger partial charge in [-0.25, -0.2) is 0 Å². The highest BCUT2D eigenvalue weighted by atomic mass is 14.8. The second-order valence-electron chi connectivity index (χ2n) is 4.81. The van der Waals surface area contributed by atoms with Crippen molar-refractivity contribution in [2.45, 2.75) is 46.0 Å². The van der Waals surface area contributed by atoms with Crippen molar-refractivity contribution in [3.63, 3.8) is 0 Å². The van der Waals surface area contributed by atoms with Crippen LogP contribution in [0.2, 0.25) is 0 Å². The van der Waals surface area contributed by atoms with Crippen LogP contribution in [0.5, 0.6) is 0 Å². The lowest BCUT2D eigenvalue weighted by Crippen LogP contribution is -2.14. The first-order valence-electron chi connectivity index (χ1n) is 6.05. The summed E-state index contributed by atoms with van der Waals surface area (Å²) in [4.78, 5) is 0. The molecule has 0 aliphatic heterocycles. The van der Waals surface area contributed by atoms with E-state index in [0.29, 0.717) is 0 Å². The summed E-state index contributed by atoms with van der Waals surface area (Å²) in [6, 6.07) is 0. The highest BCUT2D eigenvalue weighted by Gasteiger charge is 2.19. The summed E-state index contributed by atoms with van der Waals surface area (Å²) in [7, 11) is 2.02. The van der Waals surface area contributed by atoms with Crippen LogP contribution >= 0.6 is 0 Å². The average Bonchev–Trinajstić information content (AvgIpc) is 2.18. The first kappa shape index (κ1) is 11.8. The van der Waals surface area contributed by atoms with Crippen LogP contribution in [0.3, 0.4) is 0 Å². The molecule has 0 amide bonds. The highest BCUT2D eigenvalue weighted by molar-refractivity contribution is 5.04. The second kappa shape index (κ2) is 6.23. The summed E-state index contributed by atoms with van der Waals surface area (Å²) in [5, 5.41) is 3.19. The van der Waals surface area contributed by atoms with Gasteiger partial charge >= 0.3 is 0 Å². The van der Waals surface area contributed by atoms with Gasteiger partial charge in [-0.3, -0.25) is 0 Å². The predicted molar refractivity (Wildman–Crippen MR) is 63.4 cm³/mol. The summed E-state index contributed by atoms with van der Waals surface area (Å²) in [6.45, 7) is 5.82. The maximum Gasteiger partial charge on any atom is -0.00172 e. The molecule has 0 heterocycles. The van der Waals surface area contributed by atoms with Crippen molar-refractivity contribution in [1.82, 2.24) is 5.32 Å². The van der Waals surface area contributed by atoms with Crippen molar-refractivity contribution in [2.75, 3.05) is 13.6 Å². The van der Waals surface area contributed by atoms with Crippen molar-refractivity contribution >= 4 is 0 Å². The zero-order valence-electron chi connectivity index (χ0n) is 9.97. The molecule has 0 saturated heterocycles. The van der Waals surface area contributed by atoms with Gasteiger partial charge in [-0.2, -0.15) is 0 Å². The van der Waals surface area contributed by atoms with E-state index in [-0.39, 0.29) is 0 Å². The Morgan fingerprint density at radius 1 is 1.43 bits per heavy atom. The van der Waals surface area contributed by atoms with E-state index in [4.69, 9.17) is 0 Å². The minimum absolute atomic E-state index is 0.885. The molecule has 14 heavy (non-hydrogen) atoms. The van der Waals surface area contributed by atoms with E-state index in [0.717, 1.165) is 18.4 Å². The number of nitrogens with one attached hydrogen (secondary N) is 1. The Hall–Kier alpha value is -0.300. The molecule has 0 spiro atoms. The van der Waals surface area contributed by atoms with Crippen LogP contribution in [-0.4, -0.2) is 13.6 Å². The van der Waals surface area contributed by atoms with Crippen LogP contribution in [0, 0.1) is 11.8 Å². The number of rotatable bonds is 4. The van der Waals surface area contributed by atoms with Gasteiger partial charge in [0.25, 0.3) is 0 Å². The Morgan fingerprint density at radius 2 is 2.21 bits per heavy atom. The van der Waals surface area contributed by atoms with Crippen molar-refractivity contribution in [3.05, 3.63) is 11.6 Å². The largest absolute Gasteiger partial charge is 0.319 e. The van der Waals surface area contributed by atoms with Gasteiger partial charge in [0.1, 0.15) is 0 Å². The molecular weight excluding hydrogens is 170 g/mol. The van der Waals surface area contributed by atoms with Gasteiger partial charge in [0, 0.05) is 0 Å². The van der Waals surface area contributed by atoms with Crippen molar-refractivity contribution in [2.24, 2.45) is 11.8 Å². The molecule has 0 aromatic heterocycles. The molecule has 0 aromatic carbocycles. The van der Waals surface area contributed by atoms with E-state index in [1.165, 1.54) is 32.1 Å². The molecule has 1 saturated carbocycles. The van der Waals surface area contributed by atoms with Crippen LogP contribution in [-0.2, 0) is 0 Å². The Bertz CT molecular complexity index is 184.